The van der Waals surface area contributed by atoms with Crippen LogP contribution in [0, 0.1) is 0 Å². The summed E-state index contributed by atoms with van der Waals surface area (Å²) in [4.78, 5) is 0.375. The van der Waals surface area contributed by atoms with Crippen molar-refractivity contribution in [2.45, 2.75) is 36.2 Å². The van der Waals surface area contributed by atoms with Crippen LogP contribution in [0.5, 0.6) is 0 Å². The molecule has 0 spiro atoms. The van der Waals surface area contributed by atoms with Crippen LogP contribution >= 0.6 is 15.9 Å². The van der Waals surface area contributed by atoms with Crippen molar-refractivity contribution in [3.8, 4) is 0 Å². The fourth-order valence-electron chi connectivity index (χ4n) is 2.91. The Morgan fingerprint density at radius 3 is 2.79 bits per heavy atom. The first-order valence-electron chi connectivity index (χ1n) is 6.57. The Labute approximate surface area is 122 Å². The lowest BCUT2D eigenvalue weighted by Gasteiger charge is -2.23. The average molecular weight is 345 g/mol. The van der Waals surface area contributed by atoms with Crippen molar-refractivity contribution in [2.75, 3.05) is 13.1 Å². The standard InChI is InChI=1S/C13H17BrN2O2S/c14-10-2-1-3-13(8-10)19(17,18)16-7-6-11-4-5-12(9-16)15-11/h1-3,8,11-12,15H,4-7,9H2. The first-order valence-corrected chi connectivity index (χ1v) is 8.81. The van der Waals surface area contributed by atoms with Gasteiger partial charge in [-0.15, -0.1) is 0 Å². The lowest BCUT2D eigenvalue weighted by Crippen LogP contribution is -2.39. The highest BCUT2D eigenvalue weighted by atomic mass is 79.9. The zero-order chi connectivity index (χ0) is 13.5. The molecular formula is C13H17BrN2O2S. The third kappa shape index (κ3) is 2.72. The molecule has 2 saturated heterocycles. The smallest absolute Gasteiger partial charge is 0.243 e. The molecule has 1 N–H and O–H groups in total. The molecule has 19 heavy (non-hydrogen) atoms. The molecule has 104 valence electrons. The van der Waals surface area contributed by atoms with Crippen molar-refractivity contribution >= 4 is 26.0 Å². The van der Waals surface area contributed by atoms with E-state index in [4.69, 9.17) is 0 Å². The maximum Gasteiger partial charge on any atom is 0.243 e. The summed E-state index contributed by atoms with van der Waals surface area (Å²) >= 11 is 3.33. The summed E-state index contributed by atoms with van der Waals surface area (Å²) in [5, 5.41) is 3.50. The van der Waals surface area contributed by atoms with Crippen LogP contribution < -0.4 is 5.32 Å². The predicted octanol–water partition coefficient (Wildman–Crippen LogP) is 1.96. The van der Waals surface area contributed by atoms with Gasteiger partial charge in [-0.3, -0.25) is 0 Å². The molecule has 6 heteroatoms. The van der Waals surface area contributed by atoms with Gasteiger partial charge in [0.2, 0.25) is 10.0 Å². The molecule has 0 radical (unpaired) electrons. The number of hydrogen-bond acceptors (Lipinski definition) is 3. The number of halogens is 1. The minimum Gasteiger partial charge on any atom is -0.310 e. The first-order chi connectivity index (χ1) is 9.05. The van der Waals surface area contributed by atoms with Gasteiger partial charge in [0, 0.05) is 29.6 Å². The van der Waals surface area contributed by atoms with Crippen molar-refractivity contribution in [2.24, 2.45) is 0 Å². The van der Waals surface area contributed by atoms with Gasteiger partial charge in [-0.05, 0) is 37.5 Å². The van der Waals surface area contributed by atoms with Crippen LogP contribution in [0.4, 0.5) is 0 Å². The molecule has 2 fully saturated rings. The molecule has 3 rings (SSSR count). The van der Waals surface area contributed by atoms with Crippen LogP contribution in [0.1, 0.15) is 19.3 Å². The Bertz CT molecular complexity index is 576. The van der Waals surface area contributed by atoms with Crippen molar-refractivity contribution in [3.05, 3.63) is 28.7 Å². The van der Waals surface area contributed by atoms with Gasteiger partial charge in [0.25, 0.3) is 0 Å². The highest BCUT2D eigenvalue weighted by molar-refractivity contribution is 9.10. The van der Waals surface area contributed by atoms with E-state index >= 15 is 0 Å². The SMILES string of the molecule is O=S(=O)(c1cccc(Br)c1)N1CCC2CCC(C1)N2. The van der Waals surface area contributed by atoms with E-state index in [1.165, 1.54) is 6.42 Å². The van der Waals surface area contributed by atoms with Crippen LogP contribution in [-0.4, -0.2) is 37.9 Å². The van der Waals surface area contributed by atoms with E-state index in [9.17, 15) is 8.42 Å². The monoisotopic (exact) mass is 344 g/mol. The summed E-state index contributed by atoms with van der Waals surface area (Å²) in [5.41, 5.74) is 0. The van der Waals surface area contributed by atoms with Crippen molar-refractivity contribution in [1.29, 1.82) is 0 Å². The van der Waals surface area contributed by atoms with Crippen LogP contribution in [0.3, 0.4) is 0 Å². The normalized spacial score (nSPS) is 28.3. The maximum atomic E-state index is 12.6. The molecule has 2 unspecified atom stereocenters. The van der Waals surface area contributed by atoms with Crippen molar-refractivity contribution in [1.82, 2.24) is 9.62 Å². The van der Waals surface area contributed by atoms with Gasteiger partial charge >= 0.3 is 0 Å². The average Bonchev–Trinajstić information content (AvgIpc) is 2.68. The molecule has 0 aliphatic carbocycles. The number of nitrogens with zero attached hydrogens (tertiary/aromatic N) is 1. The topological polar surface area (TPSA) is 49.4 Å². The summed E-state index contributed by atoms with van der Waals surface area (Å²) < 4.78 is 27.7. The molecule has 0 aromatic heterocycles. The second kappa shape index (κ2) is 5.16. The highest BCUT2D eigenvalue weighted by Crippen LogP contribution is 2.26. The minimum absolute atomic E-state index is 0.314. The number of nitrogens with one attached hydrogen (secondary N) is 1. The molecule has 0 amide bonds. The zero-order valence-electron chi connectivity index (χ0n) is 10.5. The molecule has 2 bridgehead atoms. The molecule has 2 atom stereocenters. The van der Waals surface area contributed by atoms with Gasteiger partial charge < -0.3 is 5.32 Å². The zero-order valence-corrected chi connectivity index (χ0v) is 13.0. The number of fused-ring (bicyclic) bond motifs is 2. The van der Waals surface area contributed by atoms with Gasteiger partial charge in [-0.25, -0.2) is 8.42 Å². The van der Waals surface area contributed by atoms with E-state index in [2.05, 4.69) is 21.2 Å². The number of sulfonamides is 1. The van der Waals surface area contributed by atoms with Gasteiger partial charge in [0.15, 0.2) is 0 Å². The summed E-state index contributed by atoms with van der Waals surface area (Å²) in [6, 6.07) is 7.74. The number of benzene rings is 1. The lowest BCUT2D eigenvalue weighted by molar-refractivity contribution is 0.383. The Kier molecular flexibility index (Phi) is 3.68. The van der Waals surface area contributed by atoms with Crippen molar-refractivity contribution < 1.29 is 8.42 Å². The Balaban J connectivity index is 1.88. The van der Waals surface area contributed by atoms with Crippen LogP contribution in [0.25, 0.3) is 0 Å². The van der Waals surface area contributed by atoms with Crippen LogP contribution in [-0.2, 0) is 10.0 Å². The molecule has 2 aliphatic rings. The van der Waals surface area contributed by atoms with Gasteiger partial charge in [0.1, 0.15) is 0 Å². The molecule has 2 aliphatic heterocycles. The summed E-state index contributed by atoms with van der Waals surface area (Å²) in [5.74, 6) is 0. The van der Waals surface area contributed by atoms with Gasteiger partial charge in [-0.1, -0.05) is 22.0 Å². The Morgan fingerprint density at radius 2 is 2.00 bits per heavy atom. The van der Waals surface area contributed by atoms with E-state index in [0.717, 1.165) is 17.3 Å². The largest absolute Gasteiger partial charge is 0.310 e. The molecule has 1 aromatic carbocycles. The summed E-state index contributed by atoms with van der Waals surface area (Å²) in [6.45, 7) is 1.20. The third-order valence-electron chi connectivity index (χ3n) is 3.92. The predicted molar refractivity (Wildman–Crippen MR) is 77.5 cm³/mol. The maximum absolute atomic E-state index is 12.6. The van der Waals surface area contributed by atoms with Crippen LogP contribution in [0.2, 0.25) is 0 Å². The fraction of sp³-hybridized carbons (Fsp3) is 0.538. The summed E-state index contributed by atoms with van der Waals surface area (Å²) in [7, 11) is -3.37. The minimum atomic E-state index is -3.37. The molecule has 1 aromatic rings. The Morgan fingerprint density at radius 1 is 1.21 bits per heavy atom. The quantitative estimate of drug-likeness (QED) is 0.892. The molecule has 2 heterocycles. The fourth-order valence-corrected chi connectivity index (χ4v) is 5.00. The van der Waals surface area contributed by atoms with E-state index in [0.29, 0.717) is 30.1 Å². The van der Waals surface area contributed by atoms with E-state index < -0.39 is 10.0 Å². The van der Waals surface area contributed by atoms with Crippen LogP contribution in [0.15, 0.2) is 33.6 Å². The molecular weight excluding hydrogens is 328 g/mol. The van der Waals surface area contributed by atoms with E-state index in [-0.39, 0.29) is 0 Å². The van der Waals surface area contributed by atoms with Gasteiger partial charge in [-0.2, -0.15) is 4.31 Å². The Hall–Kier alpha value is -0.430. The van der Waals surface area contributed by atoms with Gasteiger partial charge in [0.05, 0.1) is 4.90 Å². The van der Waals surface area contributed by atoms with Crippen molar-refractivity contribution in [3.63, 3.8) is 0 Å². The second-order valence-corrected chi connectivity index (χ2v) is 8.10. The highest BCUT2D eigenvalue weighted by Gasteiger charge is 2.34. The number of rotatable bonds is 2. The second-order valence-electron chi connectivity index (χ2n) is 5.25. The molecule has 0 saturated carbocycles. The summed E-state index contributed by atoms with van der Waals surface area (Å²) in [6.07, 6.45) is 3.16. The van der Waals surface area contributed by atoms with E-state index in [1.807, 2.05) is 6.07 Å². The molecule has 4 nitrogen and oxygen atoms in total. The third-order valence-corrected chi connectivity index (χ3v) is 6.27. The van der Waals surface area contributed by atoms with E-state index in [1.54, 1.807) is 22.5 Å². The number of hydrogen-bond donors (Lipinski definition) is 1. The lowest BCUT2D eigenvalue weighted by atomic mass is 10.1. The first kappa shape index (κ1) is 13.5.